The van der Waals surface area contributed by atoms with Crippen molar-refractivity contribution < 1.29 is 9.53 Å². The van der Waals surface area contributed by atoms with Gasteiger partial charge >= 0.3 is 0 Å². The third-order valence-electron chi connectivity index (χ3n) is 3.12. The fourth-order valence-corrected chi connectivity index (χ4v) is 1.87. The number of carbonyl (C=O) groups excluding carboxylic acids is 1. The normalized spacial score (nSPS) is 12.4. The van der Waals surface area contributed by atoms with Crippen LogP contribution in [0.15, 0.2) is 24.3 Å². The molecule has 0 radical (unpaired) electrons. The monoisotopic (exact) mass is 249 g/mol. The van der Waals surface area contributed by atoms with Crippen molar-refractivity contribution in [2.24, 2.45) is 0 Å². The van der Waals surface area contributed by atoms with E-state index in [2.05, 4.69) is 18.7 Å². The summed E-state index contributed by atoms with van der Waals surface area (Å²) in [5.74, 6) is 0.680. The molecule has 0 amide bonds. The zero-order valence-electron chi connectivity index (χ0n) is 11.6. The van der Waals surface area contributed by atoms with Crippen LogP contribution in [-0.4, -0.2) is 36.9 Å². The Bertz CT molecular complexity index is 361. The van der Waals surface area contributed by atoms with Gasteiger partial charge in [0.25, 0.3) is 0 Å². The summed E-state index contributed by atoms with van der Waals surface area (Å²) < 4.78 is 5.82. The van der Waals surface area contributed by atoms with Crippen molar-refractivity contribution in [1.82, 2.24) is 4.90 Å². The molecule has 1 rings (SSSR count). The molecule has 0 heterocycles. The van der Waals surface area contributed by atoms with Crippen molar-refractivity contribution in [1.29, 1.82) is 0 Å². The van der Waals surface area contributed by atoms with Crippen molar-refractivity contribution in [3.63, 3.8) is 0 Å². The second-order valence-electron chi connectivity index (χ2n) is 4.40. The van der Waals surface area contributed by atoms with Crippen LogP contribution in [0, 0.1) is 0 Å². The summed E-state index contributed by atoms with van der Waals surface area (Å²) in [6.45, 7) is 9.53. The first kappa shape index (κ1) is 14.7. The van der Waals surface area contributed by atoms with Gasteiger partial charge in [0.1, 0.15) is 5.75 Å². The molecule has 0 aliphatic rings. The summed E-state index contributed by atoms with van der Waals surface area (Å²) in [6.07, 6.45) is 1.92. The molecule has 1 aromatic carbocycles. The van der Waals surface area contributed by atoms with E-state index in [1.165, 1.54) is 0 Å². The van der Waals surface area contributed by atoms with Gasteiger partial charge in [-0.3, -0.25) is 4.79 Å². The molecule has 1 unspecified atom stereocenters. The maximum atomic E-state index is 10.9. The fourth-order valence-electron chi connectivity index (χ4n) is 1.87. The first-order valence-electron chi connectivity index (χ1n) is 6.64. The van der Waals surface area contributed by atoms with E-state index in [0.717, 1.165) is 32.3 Å². The van der Waals surface area contributed by atoms with Gasteiger partial charge < -0.3 is 9.64 Å². The van der Waals surface area contributed by atoms with Crippen LogP contribution in [0.3, 0.4) is 0 Å². The van der Waals surface area contributed by atoms with Gasteiger partial charge in [0.05, 0.1) is 11.7 Å². The number of ether oxygens (including phenoxy) is 1. The highest BCUT2D eigenvalue weighted by Gasteiger charge is 2.09. The van der Waals surface area contributed by atoms with Gasteiger partial charge in [-0.2, -0.15) is 0 Å². The van der Waals surface area contributed by atoms with Crippen molar-refractivity contribution in [2.45, 2.75) is 33.3 Å². The Morgan fingerprint density at radius 1 is 1.28 bits per heavy atom. The van der Waals surface area contributed by atoms with E-state index < -0.39 is 0 Å². The first-order chi connectivity index (χ1) is 8.71. The first-order valence-corrected chi connectivity index (χ1v) is 6.64. The van der Waals surface area contributed by atoms with Gasteiger partial charge in [0, 0.05) is 6.54 Å². The van der Waals surface area contributed by atoms with Gasteiger partial charge in [-0.15, -0.1) is 0 Å². The van der Waals surface area contributed by atoms with E-state index in [1.807, 2.05) is 25.1 Å². The predicted octanol–water partition coefficient (Wildman–Crippen LogP) is 3.00. The SMILES string of the molecule is CCN(CC)CCC(C)Oc1ccccc1C=O. The third kappa shape index (κ3) is 4.49. The van der Waals surface area contributed by atoms with Gasteiger partial charge in [0.15, 0.2) is 6.29 Å². The maximum absolute atomic E-state index is 10.9. The lowest BCUT2D eigenvalue weighted by Crippen LogP contribution is -2.28. The van der Waals surface area contributed by atoms with Crippen LogP contribution >= 0.6 is 0 Å². The number of nitrogens with zero attached hydrogens (tertiary/aromatic N) is 1. The minimum atomic E-state index is 0.117. The Kier molecular flexibility index (Phi) is 6.44. The van der Waals surface area contributed by atoms with Crippen LogP contribution in [0.4, 0.5) is 0 Å². The van der Waals surface area contributed by atoms with E-state index in [9.17, 15) is 4.79 Å². The summed E-state index contributed by atoms with van der Waals surface area (Å²) in [5.41, 5.74) is 0.618. The fraction of sp³-hybridized carbons (Fsp3) is 0.533. The molecule has 0 spiro atoms. The smallest absolute Gasteiger partial charge is 0.153 e. The van der Waals surface area contributed by atoms with E-state index in [-0.39, 0.29) is 6.10 Å². The lowest BCUT2D eigenvalue weighted by molar-refractivity contribution is 0.111. The number of para-hydroxylation sites is 1. The molecule has 0 N–H and O–H groups in total. The molecule has 100 valence electrons. The second kappa shape index (κ2) is 7.88. The maximum Gasteiger partial charge on any atom is 0.153 e. The largest absolute Gasteiger partial charge is 0.490 e. The van der Waals surface area contributed by atoms with Gasteiger partial charge in [-0.25, -0.2) is 0 Å². The van der Waals surface area contributed by atoms with Crippen LogP contribution in [0.1, 0.15) is 37.6 Å². The Balaban J connectivity index is 2.48. The summed E-state index contributed by atoms with van der Waals surface area (Å²) in [4.78, 5) is 13.2. The van der Waals surface area contributed by atoms with Crippen LogP contribution in [0.5, 0.6) is 5.75 Å². The van der Waals surface area contributed by atoms with Crippen molar-refractivity contribution in [3.05, 3.63) is 29.8 Å². The lowest BCUT2D eigenvalue weighted by Gasteiger charge is -2.21. The predicted molar refractivity (Wildman–Crippen MR) is 74.3 cm³/mol. The zero-order valence-corrected chi connectivity index (χ0v) is 11.6. The van der Waals surface area contributed by atoms with Crippen LogP contribution in [0.25, 0.3) is 0 Å². The molecule has 1 atom stereocenters. The minimum absolute atomic E-state index is 0.117. The third-order valence-corrected chi connectivity index (χ3v) is 3.12. The Hall–Kier alpha value is -1.35. The molecule has 0 saturated heterocycles. The van der Waals surface area contributed by atoms with Gasteiger partial charge in [-0.05, 0) is 38.6 Å². The van der Waals surface area contributed by atoms with Crippen LogP contribution < -0.4 is 4.74 Å². The Morgan fingerprint density at radius 3 is 2.56 bits per heavy atom. The number of benzene rings is 1. The van der Waals surface area contributed by atoms with E-state index in [4.69, 9.17) is 4.74 Å². The second-order valence-corrected chi connectivity index (χ2v) is 4.40. The average molecular weight is 249 g/mol. The summed E-state index contributed by atoms with van der Waals surface area (Å²) in [6, 6.07) is 7.35. The van der Waals surface area contributed by atoms with E-state index >= 15 is 0 Å². The number of hydrogen-bond donors (Lipinski definition) is 0. The zero-order chi connectivity index (χ0) is 13.4. The molecular formula is C15H23NO2. The lowest BCUT2D eigenvalue weighted by atomic mass is 10.2. The number of rotatable bonds is 8. The van der Waals surface area contributed by atoms with E-state index in [1.54, 1.807) is 6.07 Å². The van der Waals surface area contributed by atoms with Crippen molar-refractivity contribution in [3.8, 4) is 5.75 Å². The molecule has 0 bridgehead atoms. The summed E-state index contributed by atoms with van der Waals surface area (Å²) in [7, 11) is 0. The summed E-state index contributed by atoms with van der Waals surface area (Å²) >= 11 is 0. The summed E-state index contributed by atoms with van der Waals surface area (Å²) in [5, 5.41) is 0. The molecule has 18 heavy (non-hydrogen) atoms. The quantitative estimate of drug-likeness (QED) is 0.663. The molecule has 0 aromatic heterocycles. The molecule has 0 saturated carbocycles. The molecule has 3 nitrogen and oxygen atoms in total. The Morgan fingerprint density at radius 2 is 1.94 bits per heavy atom. The topological polar surface area (TPSA) is 29.5 Å². The number of hydrogen-bond acceptors (Lipinski definition) is 3. The number of carbonyl (C=O) groups is 1. The Labute approximate surface area is 110 Å². The highest BCUT2D eigenvalue weighted by Crippen LogP contribution is 2.18. The minimum Gasteiger partial charge on any atom is -0.490 e. The molecule has 0 fully saturated rings. The molecular weight excluding hydrogens is 226 g/mol. The van der Waals surface area contributed by atoms with Gasteiger partial charge in [-0.1, -0.05) is 26.0 Å². The van der Waals surface area contributed by atoms with E-state index in [0.29, 0.717) is 11.3 Å². The molecule has 0 aliphatic carbocycles. The van der Waals surface area contributed by atoms with Crippen LogP contribution in [0.2, 0.25) is 0 Å². The van der Waals surface area contributed by atoms with Crippen molar-refractivity contribution >= 4 is 6.29 Å². The highest BCUT2D eigenvalue weighted by molar-refractivity contribution is 5.79. The highest BCUT2D eigenvalue weighted by atomic mass is 16.5. The van der Waals surface area contributed by atoms with Crippen LogP contribution in [-0.2, 0) is 0 Å². The standard InChI is InChI=1S/C15H23NO2/c1-4-16(5-2)11-10-13(3)18-15-9-7-6-8-14(15)12-17/h6-9,12-13H,4-5,10-11H2,1-3H3. The van der Waals surface area contributed by atoms with Crippen molar-refractivity contribution in [2.75, 3.05) is 19.6 Å². The molecule has 0 aliphatic heterocycles. The molecule has 1 aromatic rings. The number of aldehydes is 1. The average Bonchev–Trinajstić information content (AvgIpc) is 2.40. The molecule has 3 heteroatoms. The van der Waals surface area contributed by atoms with Gasteiger partial charge in [0.2, 0.25) is 0 Å².